The third-order valence-electron chi connectivity index (χ3n) is 5.02. The van der Waals surface area contributed by atoms with Crippen LogP contribution in [0.25, 0.3) is 0 Å². The number of rotatable bonds is 10. The summed E-state index contributed by atoms with van der Waals surface area (Å²) in [5.74, 6) is 0.744. The molecule has 0 spiro atoms. The fourth-order valence-electron chi connectivity index (χ4n) is 3.24. The summed E-state index contributed by atoms with van der Waals surface area (Å²) < 4.78 is 5.45. The Morgan fingerprint density at radius 1 is 0.886 bits per heavy atom. The minimum Gasteiger partial charge on any atom is -0.494 e. The first-order chi connectivity index (χ1) is 16.9. The maximum absolute atomic E-state index is 12.9. The molecule has 1 amide bonds. The molecule has 1 atom stereocenters. The predicted octanol–water partition coefficient (Wildman–Crippen LogP) is 6.61. The van der Waals surface area contributed by atoms with Crippen molar-refractivity contribution in [1.29, 1.82) is 0 Å². The number of hydrogen-bond donors (Lipinski definition) is 3. The summed E-state index contributed by atoms with van der Waals surface area (Å²) in [7, 11) is 0. The van der Waals surface area contributed by atoms with E-state index in [2.05, 4.69) is 16.0 Å². The Hall–Kier alpha value is -3.36. The number of benzene rings is 3. The van der Waals surface area contributed by atoms with Crippen LogP contribution in [0.15, 0.2) is 77.7 Å². The van der Waals surface area contributed by atoms with Crippen molar-refractivity contribution in [2.75, 3.05) is 22.6 Å². The second-order valence-corrected chi connectivity index (χ2v) is 9.39. The molecule has 6 nitrogen and oxygen atoms in total. The van der Waals surface area contributed by atoms with Gasteiger partial charge < -0.3 is 20.7 Å². The third kappa shape index (κ3) is 8.12. The third-order valence-corrected chi connectivity index (χ3v) is 6.58. The second kappa shape index (κ2) is 12.9. The van der Waals surface area contributed by atoms with E-state index >= 15 is 0 Å². The minimum absolute atomic E-state index is 0.0186. The lowest BCUT2D eigenvalue weighted by Gasteiger charge is -2.16. The van der Waals surface area contributed by atoms with Gasteiger partial charge >= 0.3 is 0 Å². The average Bonchev–Trinajstić information content (AvgIpc) is 2.84. The lowest BCUT2D eigenvalue weighted by Crippen LogP contribution is -2.24. The van der Waals surface area contributed by atoms with Gasteiger partial charge in [0, 0.05) is 27.5 Å². The van der Waals surface area contributed by atoms with Crippen LogP contribution in [0.1, 0.15) is 37.6 Å². The maximum Gasteiger partial charge on any atom is 0.237 e. The molecule has 3 aromatic rings. The summed E-state index contributed by atoms with van der Waals surface area (Å²) in [6.45, 7) is 6.06. The van der Waals surface area contributed by atoms with Crippen molar-refractivity contribution in [1.82, 2.24) is 0 Å². The summed E-state index contributed by atoms with van der Waals surface area (Å²) >= 11 is 6.93. The molecule has 0 saturated heterocycles. The van der Waals surface area contributed by atoms with Crippen molar-refractivity contribution < 1.29 is 14.3 Å². The van der Waals surface area contributed by atoms with Crippen LogP contribution in [-0.2, 0) is 4.79 Å². The second-order valence-electron chi connectivity index (χ2n) is 7.70. The van der Waals surface area contributed by atoms with Gasteiger partial charge in [-0.25, -0.2) is 0 Å². The quantitative estimate of drug-likeness (QED) is 0.162. The molecule has 0 radical (unpaired) electrons. The number of anilines is 3. The normalized spacial score (nSPS) is 11.3. The molecule has 0 bridgehead atoms. The maximum atomic E-state index is 12.9. The van der Waals surface area contributed by atoms with E-state index in [1.807, 2.05) is 74.5 Å². The number of hydrogen-bond acceptors (Lipinski definition) is 5. The highest BCUT2D eigenvalue weighted by Gasteiger charge is 2.18. The van der Waals surface area contributed by atoms with Crippen molar-refractivity contribution in [3.63, 3.8) is 0 Å². The molecule has 0 fully saturated rings. The summed E-state index contributed by atoms with van der Waals surface area (Å²) in [4.78, 5) is 25.2. The van der Waals surface area contributed by atoms with E-state index in [1.54, 1.807) is 12.1 Å². The Balaban J connectivity index is 1.57. The molecule has 3 rings (SSSR count). The standard InChI is InChI=1S/C27H29N3O3S2/c1-4-25(26(32)28-20-13-15-23(16-14-20)33-5-2)35-24-8-6-7-22(17-24)30-27(34)29-21-11-9-19(10-12-21)18(3)31/h6-17,25H,4-5H2,1-3H3,(H,28,32)(H2,29,30,34). The molecule has 0 aliphatic rings. The van der Waals surface area contributed by atoms with E-state index in [0.717, 1.165) is 27.7 Å². The molecule has 182 valence electrons. The van der Waals surface area contributed by atoms with Crippen LogP contribution in [0.5, 0.6) is 5.75 Å². The molecule has 0 aliphatic carbocycles. The minimum atomic E-state index is -0.248. The van der Waals surface area contributed by atoms with Crippen molar-refractivity contribution in [3.8, 4) is 5.75 Å². The molecular formula is C27H29N3O3S2. The molecule has 0 aromatic heterocycles. The van der Waals surface area contributed by atoms with Gasteiger partial charge in [-0.05, 0) is 99.2 Å². The van der Waals surface area contributed by atoms with Gasteiger partial charge in [-0.3, -0.25) is 9.59 Å². The summed E-state index contributed by atoms with van der Waals surface area (Å²) in [6, 6.07) is 22.3. The first-order valence-corrected chi connectivity index (χ1v) is 12.7. The van der Waals surface area contributed by atoms with Gasteiger partial charge in [0.1, 0.15) is 5.75 Å². The van der Waals surface area contributed by atoms with E-state index < -0.39 is 0 Å². The fraction of sp³-hybridized carbons (Fsp3) is 0.222. The van der Waals surface area contributed by atoms with Crippen molar-refractivity contribution in [2.45, 2.75) is 37.3 Å². The first kappa shape index (κ1) is 26.2. The SMILES string of the molecule is CCOc1ccc(NC(=O)C(CC)Sc2cccc(NC(=S)Nc3ccc(C(C)=O)cc3)c2)cc1. The number of amides is 1. The Labute approximate surface area is 215 Å². The number of nitrogens with one attached hydrogen (secondary N) is 3. The number of ether oxygens (including phenoxy) is 1. The van der Waals surface area contributed by atoms with Crippen LogP contribution in [0.2, 0.25) is 0 Å². The smallest absolute Gasteiger partial charge is 0.237 e. The Morgan fingerprint density at radius 2 is 1.51 bits per heavy atom. The van der Waals surface area contributed by atoms with Crippen molar-refractivity contribution in [3.05, 3.63) is 78.4 Å². The van der Waals surface area contributed by atoms with Crippen LogP contribution in [-0.4, -0.2) is 28.7 Å². The van der Waals surface area contributed by atoms with E-state index in [4.69, 9.17) is 17.0 Å². The molecule has 3 N–H and O–H groups in total. The number of Topliss-reactive ketones (excluding diaryl/α,β-unsaturated/α-hetero) is 1. The van der Waals surface area contributed by atoms with Gasteiger partial charge in [-0.15, -0.1) is 11.8 Å². The van der Waals surface area contributed by atoms with Crippen LogP contribution in [0, 0.1) is 0 Å². The highest BCUT2D eigenvalue weighted by Crippen LogP contribution is 2.29. The zero-order chi connectivity index (χ0) is 25.2. The number of ketones is 1. The van der Waals surface area contributed by atoms with E-state index in [-0.39, 0.29) is 16.9 Å². The number of carbonyl (C=O) groups excluding carboxylic acids is 2. The highest BCUT2D eigenvalue weighted by molar-refractivity contribution is 8.00. The van der Waals surface area contributed by atoms with Gasteiger partial charge in [0.15, 0.2) is 10.9 Å². The van der Waals surface area contributed by atoms with Crippen LogP contribution in [0.4, 0.5) is 17.1 Å². The first-order valence-electron chi connectivity index (χ1n) is 11.4. The van der Waals surface area contributed by atoms with Crippen LogP contribution < -0.4 is 20.7 Å². The molecule has 8 heteroatoms. The van der Waals surface area contributed by atoms with Crippen molar-refractivity contribution >= 4 is 57.8 Å². The topological polar surface area (TPSA) is 79.5 Å². The molecule has 0 aliphatic heterocycles. The molecular weight excluding hydrogens is 478 g/mol. The molecule has 0 heterocycles. The number of thiocarbonyl (C=S) groups is 1. The summed E-state index contributed by atoms with van der Waals surface area (Å²) in [5.41, 5.74) is 2.99. The lowest BCUT2D eigenvalue weighted by molar-refractivity contribution is -0.115. The summed E-state index contributed by atoms with van der Waals surface area (Å²) in [6.07, 6.45) is 0.682. The van der Waals surface area contributed by atoms with E-state index in [9.17, 15) is 9.59 Å². The van der Waals surface area contributed by atoms with Gasteiger partial charge in [-0.1, -0.05) is 13.0 Å². The van der Waals surface area contributed by atoms with Gasteiger partial charge in [-0.2, -0.15) is 0 Å². The van der Waals surface area contributed by atoms with Crippen LogP contribution >= 0.6 is 24.0 Å². The van der Waals surface area contributed by atoms with Crippen molar-refractivity contribution in [2.24, 2.45) is 0 Å². The fourth-order valence-corrected chi connectivity index (χ4v) is 4.49. The molecule has 35 heavy (non-hydrogen) atoms. The van der Waals surface area contributed by atoms with E-state index in [0.29, 0.717) is 23.7 Å². The predicted molar refractivity (Wildman–Crippen MR) is 149 cm³/mol. The zero-order valence-corrected chi connectivity index (χ0v) is 21.6. The van der Waals surface area contributed by atoms with Crippen LogP contribution in [0.3, 0.4) is 0 Å². The Morgan fingerprint density at radius 3 is 2.14 bits per heavy atom. The Kier molecular flexibility index (Phi) is 9.69. The molecule has 3 aromatic carbocycles. The molecule has 1 unspecified atom stereocenters. The number of thioether (sulfide) groups is 1. The zero-order valence-electron chi connectivity index (χ0n) is 20.0. The largest absolute Gasteiger partial charge is 0.494 e. The van der Waals surface area contributed by atoms with Gasteiger partial charge in [0.2, 0.25) is 5.91 Å². The highest BCUT2D eigenvalue weighted by atomic mass is 32.2. The lowest BCUT2D eigenvalue weighted by atomic mass is 10.1. The average molecular weight is 508 g/mol. The Bertz CT molecular complexity index is 1170. The van der Waals surface area contributed by atoms with E-state index in [1.165, 1.54) is 18.7 Å². The molecule has 0 saturated carbocycles. The van der Waals surface area contributed by atoms with Gasteiger partial charge in [0.05, 0.1) is 11.9 Å². The van der Waals surface area contributed by atoms with Gasteiger partial charge in [0.25, 0.3) is 0 Å². The monoisotopic (exact) mass is 507 g/mol. The number of carbonyl (C=O) groups is 2. The summed E-state index contributed by atoms with van der Waals surface area (Å²) in [5, 5.41) is 9.46.